The lowest BCUT2D eigenvalue weighted by atomic mass is 10.2. The molecule has 0 spiro atoms. The number of fused-ring (bicyclic) bond motifs is 1. The minimum absolute atomic E-state index is 0.0323. The van der Waals surface area contributed by atoms with Crippen LogP contribution in [0.15, 0.2) is 48.8 Å². The Hall–Kier alpha value is -2.47. The summed E-state index contributed by atoms with van der Waals surface area (Å²) in [6, 6.07) is 10.4. The molecule has 0 saturated heterocycles. The van der Waals surface area contributed by atoms with Gasteiger partial charge >= 0.3 is 6.61 Å². The molecule has 0 fully saturated rings. The molecule has 7 heteroatoms. The second kappa shape index (κ2) is 6.75. The number of anilines is 1. The number of ether oxygens (including phenoxy) is 1. The van der Waals surface area contributed by atoms with Crippen molar-refractivity contribution in [2.45, 2.75) is 13.2 Å². The van der Waals surface area contributed by atoms with E-state index in [0.717, 1.165) is 16.6 Å². The van der Waals surface area contributed by atoms with E-state index in [9.17, 15) is 8.78 Å². The predicted octanol–water partition coefficient (Wildman–Crippen LogP) is 4.50. The molecule has 3 rings (SSSR count). The number of pyridine rings is 2. The maximum absolute atomic E-state index is 12.1. The van der Waals surface area contributed by atoms with E-state index >= 15 is 0 Å². The van der Waals surface area contributed by atoms with E-state index in [0.29, 0.717) is 17.3 Å². The van der Waals surface area contributed by atoms with Crippen molar-refractivity contribution in [1.82, 2.24) is 9.97 Å². The van der Waals surface area contributed by atoms with Crippen LogP contribution in [0.2, 0.25) is 5.02 Å². The maximum Gasteiger partial charge on any atom is 0.387 e. The van der Waals surface area contributed by atoms with Crippen molar-refractivity contribution >= 4 is 28.2 Å². The van der Waals surface area contributed by atoms with Crippen LogP contribution in [-0.2, 0) is 6.54 Å². The SMILES string of the molecule is FC(F)Oc1ccc(CNc2ccnc3ccc(Cl)cc23)nc1. The van der Waals surface area contributed by atoms with Gasteiger partial charge in [0.05, 0.1) is 24.0 Å². The molecule has 4 nitrogen and oxygen atoms in total. The first kappa shape index (κ1) is 15.4. The van der Waals surface area contributed by atoms with Crippen LogP contribution in [-0.4, -0.2) is 16.6 Å². The highest BCUT2D eigenvalue weighted by atomic mass is 35.5. The highest BCUT2D eigenvalue weighted by molar-refractivity contribution is 6.31. The van der Waals surface area contributed by atoms with E-state index in [1.807, 2.05) is 18.2 Å². The largest absolute Gasteiger partial charge is 0.433 e. The van der Waals surface area contributed by atoms with E-state index in [4.69, 9.17) is 11.6 Å². The predicted molar refractivity (Wildman–Crippen MR) is 84.9 cm³/mol. The summed E-state index contributed by atoms with van der Waals surface area (Å²) < 4.78 is 28.4. The van der Waals surface area contributed by atoms with Crippen molar-refractivity contribution in [2.75, 3.05) is 5.32 Å². The smallest absolute Gasteiger partial charge is 0.387 e. The number of aromatic nitrogens is 2. The molecule has 0 atom stereocenters. The number of hydrogen-bond acceptors (Lipinski definition) is 4. The second-order valence-electron chi connectivity index (χ2n) is 4.74. The Balaban J connectivity index is 1.74. The molecule has 1 aromatic carbocycles. The van der Waals surface area contributed by atoms with E-state index in [2.05, 4.69) is 20.0 Å². The topological polar surface area (TPSA) is 47.0 Å². The molecule has 118 valence electrons. The lowest BCUT2D eigenvalue weighted by Crippen LogP contribution is -2.05. The molecule has 0 aliphatic carbocycles. The van der Waals surface area contributed by atoms with E-state index in [1.54, 1.807) is 18.3 Å². The summed E-state index contributed by atoms with van der Waals surface area (Å²) in [4.78, 5) is 8.36. The van der Waals surface area contributed by atoms with Crippen LogP contribution in [0.5, 0.6) is 5.75 Å². The fraction of sp³-hybridized carbons (Fsp3) is 0.125. The quantitative estimate of drug-likeness (QED) is 0.746. The standard InChI is InChI=1S/C16H12ClF2N3O/c17-10-1-4-14-13(7-10)15(5-6-20-14)22-8-11-2-3-12(9-21-11)23-16(18)19/h1-7,9,16H,8H2,(H,20,22). The average molecular weight is 336 g/mol. The fourth-order valence-electron chi connectivity index (χ4n) is 2.15. The monoisotopic (exact) mass is 335 g/mol. The zero-order valence-electron chi connectivity index (χ0n) is 11.8. The summed E-state index contributed by atoms with van der Waals surface area (Å²) in [6.45, 7) is -2.42. The lowest BCUT2D eigenvalue weighted by molar-refractivity contribution is -0.0500. The molecule has 23 heavy (non-hydrogen) atoms. The molecule has 0 bridgehead atoms. The zero-order chi connectivity index (χ0) is 16.2. The van der Waals surface area contributed by atoms with Crippen LogP contribution in [0.4, 0.5) is 14.5 Å². The van der Waals surface area contributed by atoms with Crippen molar-refractivity contribution < 1.29 is 13.5 Å². The molecule has 0 aliphatic rings. The highest BCUT2D eigenvalue weighted by Crippen LogP contribution is 2.25. The van der Waals surface area contributed by atoms with Crippen LogP contribution < -0.4 is 10.1 Å². The molecule has 0 saturated carbocycles. The van der Waals surface area contributed by atoms with Gasteiger partial charge < -0.3 is 10.1 Å². The van der Waals surface area contributed by atoms with Gasteiger partial charge in [-0.1, -0.05) is 11.6 Å². The number of nitrogens with zero attached hydrogens (tertiary/aromatic N) is 2. The van der Waals surface area contributed by atoms with Crippen molar-refractivity contribution in [2.24, 2.45) is 0 Å². The molecule has 0 aliphatic heterocycles. The number of halogens is 3. The molecule has 2 aromatic heterocycles. The Kier molecular flexibility index (Phi) is 4.52. The van der Waals surface area contributed by atoms with Gasteiger partial charge in [-0.2, -0.15) is 8.78 Å². The van der Waals surface area contributed by atoms with Gasteiger partial charge in [-0.05, 0) is 36.4 Å². The first-order valence-corrected chi connectivity index (χ1v) is 7.17. The van der Waals surface area contributed by atoms with Gasteiger partial charge in [-0.15, -0.1) is 0 Å². The molecule has 0 amide bonds. The van der Waals surface area contributed by atoms with Gasteiger partial charge in [-0.25, -0.2) is 0 Å². The molecule has 3 aromatic rings. The summed E-state index contributed by atoms with van der Waals surface area (Å²) in [7, 11) is 0. The van der Waals surface area contributed by atoms with E-state index in [1.165, 1.54) is 12.3 Å². The third-order valence-electron chi connectivity index (χ3n) is 3.19. The molecule has 0 radical (unpaired) electrons. The van der Waals surface area contributed by atoms with Gasteiger partial charge in [0.1, 0.15) is 5.75 Å². The van der Waals surface area contributed by atoms with Gasteiger partial charge in [0.2, 0.25) is 0 Å². The Morgan fingerprint density at radius 3 is 2.74 bits per heavy atom. The Morgan fingerprint density at radius 1 is 1.13 bits per heavy atom. The third-order valence-corrected chi connectivity index (χ3v) is 3.42. The summed E-state index contributed by atoms with van der Waals surface area (Å²) in [5, 5.41) is 4.77. The first-order chi connectivity index (χ1) is 11.1. The third kappa shape index (κ3) is 3.84. The van der Waals surface area contributed by atoms with Crippen LogP contribution in [0.3, 0.4) is 0 Å². The number of benzene rings is 1. The lowest BCUT2D eigenvalue weighted by Gasteiger charge is -2.10. The average Bonchev–Trinajstić information content (AvgIpc) is 2.53. The maximum atomic E-state index is 12.1. The highest BCUT2D eigenvalue weighted by Gasteiger charge is 2.06. The second-order valence-corrected chi connectivity index (χ2v) is 5.17. The normalized spacial score (nSPS) is 11.0. The number of rotatable bonds is 5. The number of nitrogens with one attached hydrogen (secondary N) is 1. The number of alkyl halides is 2. The summed E-state index contributed by atoms with van der Waals surface area (Å²) in [6.07, 6.45) is 2.97. The van der Waals surface area contributed by atoms with Crippen LogP contribution >= 0.6 is 11.6 Å². The summed E-state index contributed by atoms with van der Waals surface area (Å²) in [5.41, 5.74) is 2.39. The summed E-state index contributed by atoms with van der Waals surface area (Å²) in [5.74, 6) is 0.0323. The molecular weight excluding hydrogens is 324 g/mol. The first-order valence-electron chi connectivity index (χ1n) is 6.80. The number of hydrogen-bond donors (Lipinski definition) is 1. The van der Waals surface area contributed by atoms with Crippen LogP contribution in [0, 0.1) is 0 Å². The summed E-state index contributed by atoms with van der Waals surface area (Å²) >= 11 is 6.02. The molecule has 2 heterocycles. The van der Waals surface area contributed by atoms with Gasteiger partial charge in [0, 0.05) is 22.3 Å². The Bertz CT molecular complexity index is 812. The van der Waals surface area contributed by atoms with Crippen molar-refractivity contribution in [3.8, 4) is 5.75 Å². The van der Waals surface area contributed by atoms with Gasteiger partial charge in [0.25, 0.3) is 0 Å². The molecular formula is C16H12ClF2N3O. The minimum Gasteiger partial charge on any atom is -0.433 e. The van der Waals surface area contributed by atoms with Crippen molar-refractivity contribution in [1.29, 1.82) is 0 Å². The van der Waals surface area contributed by atoms with E-state index in [-0.39, 0.29) is 5.75 Å². The van der Waals surface area contributed by atoms with Crippen molar-refractivity contribution in [3.05, 3.63) is 59.5 Å². The minimum atomic E-state index is -2.85. The zero-order valence-corrected chi connectivity index (χ0v) is 12.6. The fourth-order valence-corrected chi connectivity index (χ4v) is 2.32. The van der Waals surface area contributed by atoms with Crippen LogP contribution in [0.25, 0.3) is 10.9 Å². The Morgan fingerprint density at radius 2 is 2.00 bits per heavy atom. The van der Waals surface area contributed by atoms with Gasteiger partial charge in [0.15, 0.2) is 0 Å². The molecule has 1 N–H and O–H groups in total. The van der Waals surface area contributed by atoms with Gasteiger partial charge in [-0.3, -0.25) is 9.97 Å². The molecule has 0 unspecified atom stereocenters. The van der Waals surface area contributed by atoms with Crippen molar-refractivity contribution in [3.63, 3.8) is 0 Å². The van der Waals surface area contributed by atoms with E-state index < -0.39 is 6.61 Å². The Labute approximate surface area is 136 Å². The van der Waals surface area contributed by atoms with Crippen LogP contribution in [0.1, 0.15) is 5.69 Å².